The van der Waals surface area contributed by atoms with E-state index in [4.69, 9.17) is 5.26 Å². The van der Waals surface area contributed by atoms with Gasteiger partial charge in [-0.05, 0) is 28.8 Å². The number of hydrogen-bond donors (Lipinski definition) is 1. The molecule has 0 aliphatic heterocycles. The summed E-state index contributed by atoms with van der Waals surface area (Å²) in [4.78, 5) is 3.48. The van der Waals surface area contributed by atoms with Gasteiger partial charge in [-0.15, -0.1) is 0 Å². The Hall–Kier alpha value is -2.57. The maximum absolute atomic E-state index is 8.98. The van der Waals surface area contributed by atoms with Gasteiger partial charge in [-0.2, -0.15) is 5.26 Å². The van der Waals surface area contributed by atoms with Gasteiger partial charge in [-0.1, -0.05) is 30.3 Å². The summed E-state index contributed by atoms with van der Waals surface area (Å²) < 4.78 is 0. The maximum atomic E-state index is 8.98. The van der Waals surface area contributed by atoms with Crippen molar-refractivity contribution in [2.24, 2.45) is 0 Å². The Morgan fingerprint density at radius 3 is 2.50 bits per heavy atom. The van der Waals surface area contributed by atoms with E-state index in [0.717, 1.165) is 18.4 Å². The van der Waals surface area contributed by atoms with Crippen molar-refractivity contribution in [3.8, 4) is 6.07 Å². The third-order valence-electron chi connectivity index (χ3n) is 3.98. The quantitative estimate of drug-likeness (QED) is 0.520. The number of fused-ring (bicyclic) bond motifs is 4. The van der Waals surface area contributed by atoms with Gasteiger partial charge >= 0.3 is 0 Å². The van der Waals surface area contributed by atoms with Gasteiger partial charge in [0.05, 0.1) is 11.6 Å². The molecule has 4 rings (SSSR count). The molecule has 0 spiro atoms. The van der Waals surface area contributed by atoms with Crippen molar-refractivity contribution in [2.75, 3.05) is 0 Å². The van der Waals surface area contributed by atoms with Crippen LogP contribution < -0.4 is 0 Å². The van der Waals surface area contributed by atoms with E-state index >= 15 is 0 Å². The summed E-state index contributed by atoms with van der Waals surface area (Å²) in [6.45, 7) is 0. The summed E-state index contributed by atoms with van der Waals surface area (Å²) in [7, 11) is 0. The van der Waals surface area contributed by atoms with E-state index in [9.17, 15) is 0 Å². The molecule has 3 aromatic rings. The number of nitrogens with zero attached hydrogens (tertiary/aromatic N) is 1. The van der Waals surface area contributed by atoms with Crippen LogP contribution in [0.25, 0.3) is 10.9 Å². The smallest absolute Gasteiger partial charge is 0.0992 e. The van der Waals surface area contributed by atoms with Gasteiger partial charge in [-0.3, -0.25) is 0 Å². The number of aromatic amines is 1. The van der Waals surface area contributed by atoms with Crippen molar-refractivity contribution in [1.29, 1.82) is 5.26 Å². The molecule has 2 aromatic carbocycles. The van der Waals surface area contributed by atoms with Crippen LogP contribution in [0.5, 0.6) is 0 Å². The second-order valence-corrected chi connectivity index (χ2v) is 5.08. The average Bonchev–Trinajstić information content (AvgIpc) is 2.81. The molecule has 3 heteroatoms. The van der Waals surface area contributed by atoms with E-state index in [0.29, 0.717) is 5.56 Å². The van der Waals surface area contributed by atoms with Crippen LogP contribution in [0.4, 0.5) is 0 Å². The number of nitriles is 1. The molecule has 0 radical (unpaired) electrons. The van der Waals surface area contributed by atoms with Gasteiger partial charge in [0.25, 0.3) is 0 Å². The fourth-order valence-corrected chi connectivity index (χ4v) is 3.02. The molecule has 0 saturated heterocycles. The van der Waals surface area contributed by atoms with E-state index < -0.39 is 0 Å². The summed E-state index contributed by atoms with van der Waals surface area (Å²) >= 11 is 0. The van der Waals surface area contributed by atoms with E-state index in [1.54, 1.807) is 0 Å². The molecule has 0 saturated carbocycles. The second kappa shape index (κ2) is 4.52. The van der Waals surface area contributed by atoms with Gasteiger partial charge in [0.2, 0.25) is 0 Å². The minimum absolute atomic E-state index is 0. The number of rotatable bonds is 0. The highest BCUT2D eigenvalue weighted by atomic mass is 16.0. The first kappa shape index (κ1) is 12.5. The van der Waals surface area contributed by atoms with Crippen LogP contribution in [0.15, 0.2) is 42.5 Å². The van der Waals surface area contributed by atoms with E-state index in [1.165, 1.54) is 27.8 Å². The minimum atomic E-state index is 0. The summed E-state index contributed by atoms with van der Waals surface area (Å²) in [5.74, 6) is 0. The van der Waals surface area contributed by atoms with Gasteiger partial charge in [0.1, 0.15) is 0 Å². The van der Waals surface area contributed by atoms with Crippen molar-refractivity contribution in [3.05, 3.63) is 70.4 Å². The van der Waals surface area contributed by atoms with Crippen LogP contribution in [0, 0.1) is 11.3 Å². The zero-order valence-corrected chi connectivity index (χ0v) is 10.9. The van der Waals surface area contributed by atoms with Crippen molar-refractivity contribution in [2.45, 2.75) is 12.8 Å². The van der Waals surface area contributed by atoms with Crippen molar-refractivity contribution in [1.82, 2.24) is 4.98 Å². The zero-order chi connectivity index (χ0) is 12.8. The molecule has 1 aliphatic rings. The Bertz CT molecular complexity index is 840. The highest BCUT2D eigenvalue weighted by molar-refractivity contribution is 5.86. The first-order valence-corrected chi connectivity index (χ1v) is 6.45. The lowest BCUT2D eigenvalue weighted by molar-refractivity contribution is 0.824. The summed E-state index contributed by atoms with van der Waals surface area (Å²) in [6, 6.07) is 16.7. The lowest BCUT2D eigenvalue weighted by Crippen LogP contribution is -2.05. The first-order valence-electron chi connectivity index (χ1n) is 6.45. The van der Waals surface area contributed by atoms with Crippen molar-refractivity contribution in [3.63, 3.8) is 0 Å². The molecule has 3 nitrogen and oxygen atoms in total. The van der Waals surface area contributed by atoms with Gasteiger partial charge in [0, 0.05) is 29.4 Å². The molecule has 1 heterocycles. The Morgan fingerprint density at radius 1 is 1.00 bits per heavy atom. The van der Waals surface area contributed by atoms with Gasteiger partial charge < -0.3 is 10.5 Å². The fourth-order valence-electron chi connectivity index (χ4n) is 3.02. The lowest BCUT2D eigenvalue weighted by Gasteiger charge is -2.16. The Balaban J connectivity index is 0.00000121. The van der Waals surface area contributed by atoms with Crippen LogP contribution >= 0.6 is 0 Å². The number of aromatic nitrogens is 1. The van der Waals surface area contributed by atoms with E-state index in [1.807, 2.05) is 12.1 Å². The number of hydrogen-bond acceptors (Lipinski definition) is 1. The minimum Gasteiger partial charge on any atom is -0.412 e. The highest BCUT2D eigenvalue weighted by Crippen LogP contribution is 2.32. The second-order valence-electron chi connectivity index (χ2n) is 5.08. The molecule has 98 valence electrons. The number of nitrogens with one attached hydrogen (secondary N) is 1. The predicted molar refractivity (Wildman–Crippen MR) is 78.7 cm³/mol. The molecule has 0 bridgehead atoms. The molecule has 0 amide bonds. The number of benzene rings is 2. The molecule has 0 fully saturated rings. The van der Waals surface area contributed by atoms with Crippen LogP contribution in [0.3, 0.4) is 0 Å². The molecular weight excluding hydrogens is 248 g/mol. The van der Waals surface area contributed by atoms with Crippen molar-refractivity contribution < 1.29 is 5.48 Å². The fraction of sp³-hybridized carbons (Fsp3) is 0.118. The highest BCUT2D eigenvalue weighted by Gasteiger charge is 2.19. The molecule has 0 unspecified atom stereocenters. The van der Waals surface area contributed by atoms with Crippen LogP contribution in [0.2, 0.25) is 0 Å². The largest absolute Gasteiger partial charge is 0.412 e. The summed E-state index contributed by atoms with van der Waals surface area (Å²) in [5.41, 5.74) is 7.30. The van der Waals surface area contributed by atoms with E-state index in [-0.39, 0.29) is 5.48 Å². The molecule has 0 atom stereocenters. The third-order valence-corrected chi connectivity index (χ3v) is 3.98. The standard InChI is InChI=1S/C17H12N2.H2O/c18-10-11-5-6-14-15-8-12-3-1-2-4-13(12)9-17(15)19-16(14)7-11;/h1-7,19H,8-9H2;1H2. The summed E-state index contributed by atoms with van der Waals surface area (Å²) in [5, 5.41) is 10.2. The first-order chi connectivity index (χ1) is 9.35. The molecule has 1 aromatic heterocycles. The zero-order valence-electron chi connectivity index (χ0n) is 10.9. The molecule has 20 heavy (non-hydrogen) atoms. The van der Waals surface area contributed by atoms with Crippen LogP contribution in [-0.4, -0.2) is 10.5 Å². The number of H-pyrrole nitrogens is 1. The average molecular weight is 262 g/mol. The van der Waals surface area contributed by atoms with Crippen LogP contribution in [-0.2, 0) is 12.8 Å². The molecular formula is C17H14N2O. The van der Waals surface area contributed by atoms with E-state index in [2.05, 4.69) is 41.4 Å². The molecule has 3 N–H and O–H groups in total. The topological polar surface area (TPSA) is 71.1 Å². The maximum Gasteiger partial charge on any atom is 0.0992 e. The Labute approximate surface area is 116 Å². The SMILES string of the molecule is N#Cc1ccc2c3c([nH]c2c1)Cc1ccccc1C3.O. The third kappa shape index (κ3) is 1.70. The summed E-state index contributed by atoms with van der Waals surface area (Å²) in [6.07, 6.45) is 1.94. The Morgan fingerprint density at radius 2 is 1.75 bits per heavy atom. The monoisotopic (exact) mass is 262 g/mol. The van der Waals surface area contributed by atoms with Crippen molar-refractivity contribution >= 4 is 10.9 Å². The molecule has 1 aliphatic carbocycles. The predicted octanol–water partition coefficient (Wildman–Crippen LogP) is 2.71. The Kier molecular flexibility index (Phi) is 2.81. The normalized spacial score (nSPS) is 12.2. The van der Waals surface area contributed by atoms with Gasteiger partial charge in [-0.25, -0.2) is 0 Å². The van der Waals surface area contributed by atoms with Crippen LogP contribution in [0.1, 0.15) is 27.9 Å². The van der Waals surface area contributed by atoms with Gasteiger partial charge in [0.15, 0.2) is 0 Å². The lowest BCUT2D eigenvalue weighted by atomic mass is 9.89.